The third-order valence-corrected chi connectivity index (χ3v) is 4.98. The van der Waals surface area contributed by atoms with Gasteiger partial charge < -0.3 is 5.32 Å². The van der Waals surface area contributed by atoms with Crippen LogP contribution in [0.3, 0.4) is 0 Å². The van der Waals surface area contributed by atoms with Crippen molar-refractivity contribution < 1.29 is 9.59 Å². The van der Waals surface area contributed by atoms with Crippen LogP contribution in [0.2, 0.25) is 0 Å². The van der Waals surface area contributed by atoms with Crippen LogP contribution in [-0.2, 0) is 4.79 Å². The van der Waals surface area contributed by atoms with E-state index < -0.39 is 0 Å². The topological polar surface area (TPSA) is 49.4 Å². The average Bonchev–Trinajstić information content (AvgIpc) is 2.84. The lowest BCUT2D eigenvalue weighted by molar-refractivity contribution is -0.122. The standard InChI is InChI=1S/C20H20N2O2S/c1-13-5-8-16(9-6-13)11-18-19(23)22(20(24)25-18)12-21-17-10-14(2)4-7-15(17)3/h4-11,21H,12H2,1-3H3. The number of imide groups is 1. The number of rotatable bonds is 4. The number of nitrogens with zero attached hydrogens (tertiary/aromatic N) is 1. The number of hydrogen-bond acceptors (Lipinski definition) is 4. The Balaban J connectivity index is 1.73. The van der Waals surface area contributed by atoms with Gasteiger partial charge in [0, 0.05) is 5.69 Å². The third-order valence-electron chi connectivity index (χ3n) is 4.07. The molecule has 0 aliphatic carbocycles. The molecule has 1 saturated heterocycles. The maximum absolute atomic E-state index is 12.5. The second-order valence-electron chi connectivity index (χ2n) is 6.17. The van der Waals surface area contributed by atoms with E-state index in [1.54, 1.807) is 6.08 Å². The molecule has 128 valence electrons. The highest BCUT2D eigenvalue weighted by Gasteiger charge is 2.34. The van der Waals surface area contributed by atoms with Crippen molar-refractivity contribution in [1.82, 2.24) is 4.90 Å². The smallest absolute Gasteiger partial charge is 0.295 e. The van der Waals surface area contributed by atoms with Crippen LogP contribution in [-0.4, -0.2) is 22.7 Å². The van der Waals surface area contributed by atoms with Gasteiger partial charge in [0.2, 0.25) is 0 Å². The monoisotopic (exact) mass is 352 g/mol. The molecule has 1 fully saturated rings. The SMILES string of the molecule is Cc1ccc(C=C2SC(=O)N(CNc3cc(C)ccc3C)C2=O)cc1. The van der Waals surface area contributed by atoms with Crippen molar-refractivity contribution in [2.24, 2.45) is 0 Å². The van der Waals surface area contributed by atoms with Crippen molar-refractivity contribution in [2.75, 3.05) is 12.0 Å². The van der Waals surface area contributed by atoms with Crippen molar-refractivity contribution >= 4 is 34.7 Å². The van der Waals surface area contributed by atoms with Gasteiger partial charge in [-0.1, -0.05) is 42.0 Å². The summed E-state index contributed by atoms with van der Waals surface area (Å²) >= 11 is 0.982. The number of aryl methyl sites for hydroxylation is 3. The largest absolute Gasteiger partial charge is 0.367 e. The summed E-state index contributed by atoms with van der Waals surface area (Å²) < 4.78 is 0. The number of carbonyl (C=O) groups is 2. The van der Waals surface area contributed by atoms with Crippen LogP contribution in [0.15, 0.2) is 47.4 Å². The van der Waals surface area contributed by atoms with Gasteiger partial charge in [0.05, 0.1) is 11.6 Å². The summed E-state index contributed by atoms with van der Waals surface area (Å²) in [5.41, 5.74) is 5.21. The molecule has 0 bridgehead atoms. The van der Waals surface area contributed by atoms with Crippen LogP contribution in [0, 0.1) is 20.8 Å². The van der Waals surface area contributed by atoms with Crippen molar-refractivity contribution in [3.8, 4) is 0 Å². The van der Waals surface area contributed by atoms with Crippen LogP contribution in [0.4, 0.5) is 10.5 Å². The van der Waals surface area contributed by atoms with E-state index in [4.69, 9.17) is 0 Å². The first kappa shape index (κ1) is 17.3. The van der Waals surface area contributed by atoms with Gasteiger partial charge in [0.1, 0.15) is 0 Å². The van der Waals surface area contributed by atoms with Gasteiger partial charge in [-0.25, -0.2) is 0 Å². The second-order valence-corrected chi connectivity index (χ2v) is 7.17. The molecule has 2 aromatic carbocycles. The fourth-order valence-electron chi connectivity index (χ4n) is 2.54. The maximum Gasteiger partial charge on any atom is 0.295 e. The molecular formula is C20H20N2O2S. The summed E-state index contributed by atoms with van der Waals surface area (Å²) in [4.78, 5) is 26.4. The first-order chi connectivity index (χ1) is 11.9. The Morgan fingerprint density at radius 3 is 2.40 bits per heavy atom. The number of carbonyl (C=O) groups excluding carboxylic acids is 2. The molecule has 1 heterocycles. The summed E-state index contributed by atoms with van der Waals surface area (Å²) in [6.07, 6.45) is 1.77. The Bertz CT molecular complexity index is 856. The zero-order chi connectivity index (χ0) is 18.0. The molecule has 0 saturated carbocycles. The Labute approximate surface area is 151 Å². The third kappa shape index (κ3) is 3.94. The van der Waals surface area contributed by atoms with Gasteiger partial charge in [0.15, 0.2) is 0 Å². The van der Waals surface area contributed by atoms with Gasteiger partial charge in [-0.2, -0.15) is 0 Å². The number of amides is 2. The molecule has 4 nitrogen and oxygen atoms in total. The van der Waals surface area contributed by atoms with E-state index in [2.05, 4.69) is 5.32 Å². The lowest BCUT2D eigenvalue weighted by Gasteiger charge is -2.16. The molecule has 0 radical (unpaired) electrons. The summed E-state index contributed by atoms with van der Waals surface area (Å²) in [6.45, 7) is 6.18. The van der Waals surface area contributed by atoms with Crippen LogP contribution in [0.25, 0.3) is 6.08 Å². The fraction of sp³-hybridized carbons (Fsp3) is 0.200. The van der Waals surface area contributed by atoms with E-state index in [1.165, 1.54) is 4.90 Å². The summed E-state index contributed by atoms with van der Waals surface area (Å²) in [6, 6.07) is 13.9. The molecule has 1 aliphatic rings. The minimum Gasteiger partial charge on any atom is -0.367 e. The molecule has 0 unspecified atom stereocenters. The lowest BCUT2D eigenvalue weighted by atomic mass is 10.1. The lowest BCUT2D eigenvalue weighted by Crippen LogP contribution is -2.33. The van der Waals surface area contributed by atoms with Crippen molar-refractivity contribution in [2.45, 2.75) is 20.8 Å². The first-order valence-electron chi connectivity index (χ1n) is 8.07. The molecule has 5 heteroatoms. The maximum atomic E-state index is 12.5. The van der Waals surface area contributed by atoms with Gasteiger partial charge in [-0.3, -0.25) is 14.5 Å². The Hall–Kier alpha value is -2.53. The van der Waals surface area contributed by atoms with Crippen LogP contribution >= 0.6 is 11.8 Å². The minimum absolute atomic E-state index is 0.167. The Morgan fingerprint density at radius 1 is 1.00 bits per heavy atom. The van der Waals surface area contributed by atoms with Crippen molar-refractivity contribution in [1.29, 1.82) is 0 Å². The number of nitrogens with one attached hydrogen (secondary N) is 1. The minimum atomic E-state index is -0.256. The van der Waals surface area contributed by atoms with E-state index in [-0.39, 0.29) is 17.8 Å². The summed E-state index contributed by atoms with van der Waals surface area (Å²) in [5.74, 6) is -0.256. The summed E-state index contributed by atoms with van der Waals surface area (Å²) in [5, 5.41) is 2.94. The van der Waals surface area contributed by atoms with Crippen LogP contribution < -0.4 is 5.32 Å². The Kier molecular flexibility index (Phi) is 4.95. The van der Waals surface area contributed by atoms with Gasteiger partial charge >= 0.3 is 0 Å². The number of anilines is 1. The highest BCUT2D eigenvalue weighted by Crippen LogP contribution is 2.32. The molecule has 2 amide bonds. The van der Waals surface area contributed by atoms with E-state index in [9.17, 15) is 9.59 Å². The van der Waals surface area contributed by atoms with Gasteiger partial charge in [-0.15, -0.1) is 0 Å². The molecule has 1 N–H and O–H groups in total. The highest BCUT2D eigenvalue weighted by atomic mass is 32.2. The summed E-state index contributed by atoms with van der Waals surface area (Å²) in [7, 11) is 0. The highest BCUT2D eigenvalue weighted by molar-refractivity contribution is 8.18. The zero-order valence-corrected chi connectivity index (χ0v) is 15.3. The first-order valence-corrected chi connectivity index (χ1v) is 8.89. The Morgan fingerprint density at radius 2 is 1.68 bits per heavy atom. The molecule has 1 aliphatic heterocycles. The molecular weight excluding hydrogens is 332 g/mol. The molecule has 3 rings (SSSR count). The van der Waals surface area contributed by atoms with Crippen molar-refractivity contribution in [3.63, 3.8) is 0 Å². The second kappa shape index (κ2) is 7.15. The molecule has 0 aromatic heterocycles. The number of hydrogen-bond donors (Lipinski definition) is 1. The average molecular weight is 352 g/mol. The number of thioether (sulfide) groups is 1. The number of benzene rings is 2. The molecule has 0 spiro atoms. The quantitative estimate of drug-likeness (QED) is 0.809. The van der Waals surface area contributed by atoms with Gasteiger partial charge in [-0.05, 0) is 61.4 Å². The van der Waals surface area contributed by atoms with E-state index in [0.717, 1.165) is 39.7 Å². The predicted molar refractivity (Wildman–Crippen MR) is 103 cm³/mol. The predicted octanol–water partition coefficient (Wildman–Crippen LogP) is 4.72. The molecule has 2 aromatic rings. The van der Waals surface area contributed by atoms with Crippen molar-refractivity contribution in [3.05, 3.63) is 69.6 Å². The van der Waals surface area contributed by atoms with E-state index in [0.29, 0.717) is 4.91 Å². The van der Waals surface area contributed by atoms with Crippen LogP contribution in [0.5, 0.6) is 0 Å². The van der Waals surface area contributed by atoms with E-state index >= 15 is 0 Å². The zero-order valence-electron chi connectivity index (χ0n) is 14.5. The van der Waals surface area contributed by atoms with Crippen LogP contribution in [0.1, 0.15) is 22.3 Å². The normalized spacial score (nSPS) is 16.0. The van der Waals surface area contributed by atoms with E-state index in [1.807, 2.05) is 63.2 Å². The fourth-order valence-corrected chi connectivity index (χ4v) is 3.38. The molecule has 25 heavy (non-hydrogen) atoms. The van der Waals surface area contributed by atoms with Gasteiger partial charge in [0.25, 0.3) is 11.1 Å². The molecule has 0 atom stereocenters.